The summed E-state index contributed by atoms with van der Waals surface area (Å²) in [5, 5.41) is 15.4. The average molecular weight is 446 g/mol. The van der Waals surface area contributed by atoms with Gasteiger partial charge in [-0.25, -0.2) is 9.37 Å². The van der Waals surface area contributed by atoms with Crippen molar-refractivity contribution in [1.29, 1.82) is 0 Å². The van der Waals surface area contributed by atoms with Crippen LogP contribution in [0.3, 0.4) is 0 Å². The Kier molecular flexibility index (Phi) is 5.38. The quantitative estimate of drug-likeness (QED) is 0.483. The molecule has 170 valence electrons. The number of benzene rings is 1. The van der Waals surface area contributed by atoms with Gasteiger partial charge in [0, 0.05) is 53.5 Å². The fourth-order valence-corrected chi connectivity index (χ4v) is 5.23. The molecule has 4 aromatic rings. The molecular weight excluding hydrogens is 417 g/mol. The molecule has 4 heterocycles. The normalized spacial score (nSPS) is 16.3. The molecule has 0 radical (unpaired) electrons. The van der Waals surface area contributed by atoms with Gasteiger partial charge in [0.25, 0.3) is 0 Å². The molecule has 0 amide bonds. The highest BCUT2D eigenvalue weighted by atomic mass is 19.1. The Morgan fingerprint density at radius 2 is 2.15 bits per heavy atom. The summed E-state index contributed by atoms with van der Waals surface area (Å²) in [7, 11) is 2.05. The Bertz CT molecular complexity index is 1370. The molecular formula is C26H28FN5O. The molecule has 1 atom stereocenters. The molecule has 0 spiro atoms. The molecule has 0 saturated heterocycles. The van der Waals surface area contributed by atoms with Gasteiger partial charge in [0.15, 0.2) is 0 Å². The molecule has 7 heteroatoms. The molecule has 6 nitrogen and oxygen atoms in total. The SMILES string of the molecule is C=Cc1c(F)ccc2c1[C@@H](C)c1c[nH]c3ncc(cc13)-c1c(C)nn(CCO)c1CN(C)C2. The maximum absolute atomic E-state index is 14.8. The van der Waals surface area contributed by atoms with Crippen LogP contribution in [0.1, 0.15) is 46.5 Å². The van der Waals surface area contributed by atoms with Crippen molar-refractivity contribution in [1.82, 2.24) is 24.6 Å². The van der Waals surface area contributed by atoms with Crippen LogP contribution < -0.4 is 0 Å². The van der Waals surface area contributed by atoms with E-state index < -0.39 is 0 Å². The van der Waals surface area contributed by atoms with Crippen molar-refractivity contribution in [2.75, 3.05) is 13.7 Å². The van der Waals surface area contributed by atoms with Gasteiger partial charge in [0.2, 0.25) is 0 Å². The summed E-state index contributed by atoms with van der Waals surface area (Å²) in [5.74, 6) is -0.317. The average Bonchev–Trinajstić information content (AvgIpc) is 3.34. The summed E-state index contributed by atoms with van der Waals surface area (Å²) in [4.78, 5) is 10.2. The zero-order valence-corrected chi connectivity index (χ0v) is 19.2. The number of aliphatic hydroxyl groups is 1. The molecule has 2 N–H and O–H groups in total. The summed E-state index contributed by atoms with van der Waals surface area (Å²) >= 11 is 0. The Balaban J connectivity index is 1.82. The van der Waals surface area contributed by atoms with Crippen molar-refractivity contribution in [2.24, 2.45) is 0 Å². The molecule has 1 aliphatic heterocycles. The third kappa shape index (κ3) is 3.48. The van der Waals surface area contributed by atoms with E-state index in [9.17, 15) is 9.50 Å². The van der Waals surface area contributed by atoms with E-state index in [1.807, 2.05) is 30.1 Å². The van der Waals surface area contributed by atoms with E-state index in [1.54, 1.807) is 6.08 Å². The lowest BCUT2D eigenvalue weighted by Gasteiger charge is -2.25. The minimum Gasteiger partial charge on any atom is -0.394 e. The van der Waals surface area contributed by atoms with Crippen LogP contribution in [0.5, 0.6) is 0 Å². The lowest BCUT2D eigenvalue weighted by molar-refractivity contribution is 0.257. The number of pyridine rings is 1. The minimum absolute atomic E-state index is 0.0127. The first-order valence-electron chi connectivity index (χ1n) is 11.2. The van der Waals surface area contributed by atoms with Gasteiger partial charge in [-0.15, -0.1) is 0 Å². The first-order valence-corrected chi connectivity index (χ1v) is 11.2. The van der Waals surface area contributed by atoms with Crippen LogP contribution in [0, 0.1) is 12.7 Å². The molecule has 0 saturated carbocycles. The Hall–Kier alpha value is -3.29. The summed E-state index contributed by atoms with van der Waals surface area (Å²) in [5.41, 5.74) is 8.41. The first kappa shape index (κ1) is 21.6. The van der Waals surface area contributed by atoms with Crippen LogP contribution in [0.4, 0.5) is 4.39 Å². The highest BCUT2D eigenvalue weighted by Crippen LogP contribution is 2.38. The Labute approximate surface area is 192 Å². The molecule has 1 aliphatic rings. The van der Waals surface area contributed by atoms with Crippen LogP contribution in [0.15, 0.2) is 37.2 Å². The van der Waals surface area contributed by atoms with E-state index in [0.29, 0.717) is 25.2 Å². The number of nitrogens with zero attached hydrogens (tertiary/aromatic N) is 4. The second kappa shape index (κ2) is 8.24. The molecule has 1 aromatic carbocycles. The lowest BCUT2D eigenvalue weighted by atomic mass is 9.85. The number of H-pyrrole nitrogens is 1. The number of aromatic nitrogens is 4. The molecule has 0 fully saturated rings. The Morgan fingerprint density at radius 3 is 2.91 bits per heavy atom. The third-order valence-corrected chi connectivity index (χ3v) is 6.68. The number of aromatic amines is 1. The van der Waals surface area contributed by atoms with Gasteiger partial charge < -0.3 is 10.1 Å². The predicted octanol–water partition coefficient (Wildman–Crippen LogP) is 4.61. The van der Waals surface area contributed by atoms with Crippen LogP contribution in [-0.2, 0) is 19.6 Å². The largest absolute Gasteiger partial charge is 0.394 e. The summed E-state index contributed by atoms with van der Waals surface area (Å²) in [6.45, 7) is 9.72. The smallest absolute Gasteiger partial charge is 0.137 e. The number of aliphatic hydroxyl groups excluding tert-OH is 1. The number of hydrogen-bond acceptors (Lipinski definition) is 4. The van der Waals surface area contributed by atoms with Gasteiger partial charge in [0.05, 0.1) is 24.5 Å². The van der Waals surface area contributed by atoms with Gasteiger partial charge in [-0.2, -0.15) is 5.10 Å². The molecule has 3 aromatic heterocycles. The van der Waals surface area contributed by atoms with Crippen molar-refractivity contribution in [3.05, 3.63) is 76.6 Å². The molecule has 5 rings (SSSR count). The molecule has 0 unspecified atom stereocenters. The number of rotatable bonds is 3. The van der Waals surface area contributed by atoms with Crippen molar-refractivity contribution in [2.45, 2.75) is 39.4 Å². The number of fused-ring (bicyclic) bond motifs is 4. The third-order valence-electron chi connectivity index (χ3n) is 6.68. The van der Waals surface area contributed by atoms with Gasteiger partial charge in [-0.05, 0) is 42.8 Å². The number of hydrogen-bond donors (Lipinski definition) is 2. The predicted molar refractivity (Wildman–Crippen MR) is 128 cm³/mol. The van der Waals surface area contributed by atoms with E-state index in [2.05, 4.69) is 36.5 Å². The second-order valence-corrected chi connectivity index (χ2v) is 8.85. The van der Waals surface area contributed by atoms with E-state index in [4.69, 9.17) is 10.1 Å². The van der Waals surface area contributed by atoms with Crippen LogP contribution in [0.25, 0.3) is 28.2 Å². The van der Waals surface area contributed by atoms with Crippen molar-refractivity contribution < 1.29 is 9.50 Å². The molecule has 2 bridgehead atoms. The zero-order chi connectivity index (χ0) is 23.3. The topological polar surface area (TPSA) is 70.0 Å². The fourth-order valence-electron chi connectivity index (χ4n) is 5.23. The number of halogens is 1. The van der Waals surface area contributed by atoms with Gasteiger partial charge in [-0.1, -0.05) is 25.6 Å². The van der Waals surface area contributed by atoms with Crippen molar-refractivity contribution >= 4 is 17.1 Å². The maximum atomic E-state index is 14.8. The van der Waals surface area contributed by atoms with Crippen LogP contribution in [0.2, 0.25) is 0 Å². The number of aryl methyl sites for hydroxylation is 1. The fraction of sp³-hybridized carbons (Fsp3) is 0.308. The summed E-state index contributed by atoms with van der Waals surface area (Å²) in [6, 6.07) is 5.56. The van der Waals surface area contributed by atoms with Crippen LogP contribution >= 0.6 is 0 Å². The summed E-state index contributed by atoms with van der Waals surface area (Å²) < 4.78 is 16.7. The highest BCUT2D eigenvalue weighted by molar-refractivity contribution is 5.86. The second-order valence-electron chi connectivity index (χ2n) is 8.85. The monoisotopic (exact) mass is 445 g/mol. The standard InChI is InChI=1S/C26H28FN5O/c1-5-19-22(27)7-6-17-13-31(4)14-23-25(16(3)30-32(23)8-9-33)18-10-20-21(15(2)24(17)19)12-29-26(20)28-11-18/h5-7,10-12,15,33H,1,8-9,13-14H2,2-4H3,(H,28,29)/t15-/m0/s1. The van der Waals surface area contributed by atoms with Gasteiger partial charge in [-0.3, -0.25) is 9.58 Å². The van der Waals surface area contributed by atoms with Crippen molar-refractivity contribution in [3.8, 4) is 11.1 Å². The van der Waals surface area contributed by atoms with E-state index in [-0.39, 0.29) is 18.3 Å². The molecule has 33 heavy (non-hydrogen) atoms. The maximum Gasteiger partial charge on any atom is 0.137 e. The van der Waals surface area contributed by atoms with E-state index >= 15 is 0 Å². The minimum atomic E-state index is -0.261. The van der Waals surface area contributed by atoms with Gasteiger partial charge in [0.1, 0.15) is 11.5 Å². The van der Waals surface area contributed by atoms with Crippen molar-refractivity contribution in [3.63, 3.8) is 0 Å². The zero-order valence-electron chi connectivity index (χ0n) is 19.2. The van der Waals surface area contributed by atoms with Gasteiger partial charge >= 0.3 is 0 Å². The Morgan fingerprint density at radius 1 is 1.33 bits per heavy atom. The van der Waals surface area contributed by atoms with Crippen LogP contribution in [-0.4, -0.2) is 43.4 Å². The highest BCUT2D eigenvalue weighted by Gasteiger charge is 2.25. The number of nitrogens with one attached hydrogen (secondary N) is 1. The summed E-state index contributed by atoms with van der Waals surface area (Å²) in [6.07, 6.45) is 5.47. The molecule has 0 aliphatic carbocycles. The lowest BCUT2D eigenvalue weighted by Crippen LogP contribution is -2.22. The van der Waals surface area contributed by atoms with E-state index in [0.717, 1.165) is 50.2 Å². The van der Waals surface area contributed by atoms with E-state index in [1.165, 1.54) is 6.07 Å². The first-order chi connectivity index (χ1) is 15.9.